The van der Waals surface area contributed by atoms with Gasteiger partial charge in [0, 0.05) is 11.4 Å². The lowest BCUT2D eigenvalue weighted by atomic mass is 10.2. The maximum atomic E-state index is 9.37. The first kappa shape index (κ1) is 13.0. The molecular weight excluding hydrogens is 200 g/mol. The average Bonchev–Trinajstić information content (AvgIpc) is 2.20. The Hall–Kier alpha value is -1.02. The number of carbonyl (C=O) groups is 1. The highest BCUT2D eigenvalue weighted by atomic mass is 35.5. The minimum absolute atomic E-state index is 0.222. The van der Waals surface area contributed by atoms with E-state index in [1.807, 2.05) is 24.3 Å². The van der Waals surface area contributed by atoms with Crippen LogP contribution in [0.3, 0.4) is 0 Å². The molecule has 1 aromatic rings. The van der Waals surface area contributed by atoms with Crippen LogP contribution in [0.25, 0.3) is 0 Å². The molecule has 0 saturated carbocycles. The molecule has 0 radical (unpaired) electrons. The number of rotatable bonds is 2. The van der Waals surface area contributed by atoms with Gasteiger partial charge in [-0.05, 0) is 24.1 Å². The number of halogens is 1. The van der Waals surface area contributed by atoms with Crippen LogP contribution < -0.4 is 0 Å². The molecule has 0 aromatic heterocycles. The summed E-state index contributed by atoms with van der Waals surface area (Å²) in [5.41, 5.74) is 1.33. The van der Waals surface area contributed by atoms with Crippen molar-refractivity contribution in [3.8, 4) is 0 Å². The van der Waals surface area contributed by atoms with Gasteiger partial charge in [-0.1, -0.05) is 37.6 Å². The lowest BCUT2D eigenvalue weighted by Gasteiger charge is -1.93. The Morgan fingerprint density at radius 2 is 1.71 bits per heavy atom. The van der Waals surface area contributed by atoms with Crippen molar-refractivity contribution in [2.45, 2.75) is 26.7 Å². The third kappa shape index (κ3) is 6.49. The number of hydrogen-bond acceptors (Lipinski definition) is 1. The van der Waals surface area contributed by atoms with E-state index in [2.05, 4.69) is 6.92 Å². The van der Waals surface area contributed by atoms with Crippen LogP contribution in [0.1, 0.15) is 25.8 Å². The second kappa shape index (κ2) is 7.39. The highest BCUT2D eigenvalue weighted by molar-refractivity contribution is 6.30. The van der Waals surface area contributed by atoms with Gasteiger partial charge < -0.3 is 5.11 Å². The lowest BCUT2D eigenvalue weighted by Crippen LogP contribution is -1.86. The monoisotopic (exact) mass is 214 g/mol. The predicted octanol–water partition coefficient (Wildman–Crippen LogP) is 3.38. The molecule has 78 valence electrons. The summed E-state index contributed by atoms with van der Waals surface area (Å²) in [6.45, 7) is 3.73. The zero-order chi connectivity index (χ0) is 11.0. The summed E-state index contributed by atoms with van der Waals surface area (Å²) in [5.74, 6) is -0.745. The molecule has 0 aliphatic carbocycles. The molecule has 14 heavy (non-hydrogen) atoms. The third-order valence-electron chi connectivity index (χ3n) is 1.62. The van der Waals surface area contributed by atoms with Gasteiger partial charge in [0.15, 0.2) is 0 Å². The molecule has 0 fully saturated rings. The first-order valence-corrected chi connectivity index (χ1v) is 4.94. The summed E-state index contributed by atoms with van der Waals surface area (Å²) >= 11 is 5.67. The fourth-order valence-electron chi connectivity index (χ4n) is 0.720. The van der Waals surface area contributed by atoms with Crippen molar-refractivity contribution < 1.29 is 9.90 Å². The van der Waals surface area contributed by atoms with E-state index in [9.17, 15) is 4.79 Å². The first-order valence-electron chi connectivity index (χ1n) is 4.56. The van der Waals surface area contributed by atoms with E-state index in [4.69, 9.17) is 16.7 Å². The molecule has 0 aliphatic heterocycles. The maximum Gasteiger partial charge on any atom is 0.303 e. The molecule has 0 amide bonds. The van der Waals surface area contributed by atoms with Gasteiger partial charge in [-0.3, -0.25) is 4.79 Å². The molecule has 0 unspecified atom stereocenters. The Balaban J connectivity index is 0.000000292. The quantitative estimate of drug-likeness (QED) is 0.820. The van der Waals surface area contributed by atoms with Crippen LogP contribution in [0.5, 0.6) is 0 Å². The topological polar surface area (TPSA) is 37.3 Å². The van der Waals surface area contributed by atoms with Gasteiger partial charge in [-0.15, -0.1) is 0 Å². The molecule has 0 atom stereocenters. The van der Waals surface area contributed by atoms with Gasteiger partial charge in [0.25, 0.3) is 0 Å². The van der Waals surface area contributed by atoms with Crippen molar-refractivity contribution in [3.05, 3.63) is 34.9 Å². The van der Waals surface area contributed by atoms with Crippen LogP contribution in [0.4, 0.5) is 0 Å². The number of benzene rings is 1. The SMILES string of the molecule is CCC(=O)O.CCc1ccc(Cl)cc1. The van der Waals surface area contributed by atoms with Crippen LogP contribution in [-0.4, -0.2) is 11.1 Å². The fourth-order valence-corrected chi connectivity index (χ4v) is 0.846. The highest BCUT2D eigenvalue weighted by Gasteiger charge is 1.86. The van der Waals surface area contributed by atoms with Crippen molar-refractivity contribution in [2.75, 3.05) is 0 Å². The highest BCUT2D eigenvalue weighted by Crippen LogP contribution is 2.09. The number of carboxylic acids is 1. The van der Waals surface area contributed by atoms with Gasteiger partial charge in [0.2, 0.25) is 0 Å². The summed E-state index contributed by atoms with van der Waals surface area (Å²) in [6, 6.07) is 7.92. The third-order valence-corrected chi connectivity index (χ3v) is 1.88. The van der Waals surface area contributed by atoms with E-state index >= 15 is 0 Å². The van der Waals surface area contributed by atoms with Crippen molar-refractivity contribution in [2.24, 2.45) is 0 Å². The zero-order valence-corrected chi connectivity index (χ0v) is 9.21. The Bertz CT molecular complexity index is 267. The van der Waals surface area contributed by atoms with Crippen molar-refractivity contribution in [1.29, 1.82) is 0 Å². The van der Waals surface area contributed by atoms with Gasteiger partial charge in [-0.2, -0.15) is 0 Å². The summed E-state index contributed by atoms with van der Waals surface area (Å²) in [6.07, 6.45) is 1.30. The van der Waals surface area contributed by atoms with Gasteiger partial charge >= 0.3 is 5.97 Å². The Morgan fingerprint density at radius 3 is 2.00 bits per heavy atom. The number of aliphatic carboxylic acids is 1. The number of hydrogen-bond donors (Lipinski definition) is 1. The second-order valence-electron chi connectivity index (χ2n) is 2.73. The van der Waals surface area contributed by atoms with Crippen LogP contribution in [0.2, 0.25) is 5.02 Å². The molecular formula is C11H15ClO2. The standard InChI is InChI=1S/C8H9Cl.C3H6O2/c1-2-7-3-5-8(9)6-4-7;1-2-3(4)5/h3-6H,2H2,1H3;2H2,1H3,(H,4,5). The maximum absolute atomic E-state index is 9.37. The number of carboxylic acid groups (broad SMARTS) is 1. The summed E-state index contributed by atoms with van der Waals surface area (Å²) in [7, 11) is 0. The zero-order valence-electron chi connectivity index (χ0n) is 8.46. The molecule has 0 heterocycles. The minimum atomic E-state index is -0.745. The van der Waals surface area contributed by atoms with Crippen LogP contribution in [0.15, 0.2) is 24.3 Å². The number of aryl methyl sites for hydroxylation is 1. The molecule has 1 N–H and O–H groups in total. The molecule has 0 bridgehead atoms. The van der Waals surface area contributed by atoms with Gasteiger partial charge in [0.1, 0.15) is 0 Å². The first-order chi connectivity index (χ1) is 6.60. The minimum Gasteiger partial charge on any atom is -0.481 e. The Labute approximate surface area is 89.5 Å². The summed E-state index contributed by atoms with van der Waals surface area (Å²) in [5, 5.41) is 8.53. The Kier molecular flexibility index (Phi) is 6.85. The van der Waals surface area contributed by atoms with Crippen LogP contribution in [-0.2, 0) is 11.2 Å². The average molecular weight is 215 g/mol. The smallest absolute Gasteiger partial charge is 0.303 e. The summed E-state index contributed by atoms with van der Waals surface area (Å²) < 4.78 is 0. The van der Waals surface area contributed by atoms with Crippen molar-refractivity contribution in [1.82, 2.24) is 0 Å². The molecule has 0 saturated heterocycles. The van der Waals surface area contributed by atoms with Gasteiger partial charge in [0.05, 0.1) is 0 Å². The van der Waals surface area contributed by atoms with Crippen molar-refractivity contribution in [3.63, 3.8) is 0 Å². The molecule has 0 spiro atoms. The molecule has 1 rings (SSSR count). The van der Waals surface area contributed by atoms with E-state index < -0.39 is 5.97 Å². The fraction of sp³-hybridized carbons (Fsp3) is 0.364. The van der Waals surface area contributed by atoms with E-state index in [1.54, 1.807) is 6.92 Å². The largest absolute Gasteiger partial charge is 0.481 e. The normalized spacial score (nSPS) is 8.79. The van der Waals surface area contributed by atoms with E-state index in [0.29, 0.717) is 0 Å². The van der Waals surface area contributed by atoms with E-state index in [1.165, 1.54) is 5.56 Å². The molecule has 2 nitrogen and oxygen atoms in total. The molecule has 1 aromatic carbocycles. The second-order valence-corrected chi connectivity index (χ2v) is 3.16. The molecule has 0 aliphatic rings. The van der Waals surface area contributed by atoms with E-state index in [0.717, 1.165) is 11.4 Å². The predicted molar refractivity (Wildman–Crippen MR) is 58.8 cm³/mol. The molecule has 3 heteroatoms. The summed E-state index contributed by atoms with van der Waals surface area (Å²) in [4.78, 5) is 9.37. The van der Waals surface area contributed by atoms with Gasteiger partial charge in [-0.25, -0.2) is 0 Å². The van der Waals surface area contributed by atoms with Crippen LogP contribution >= 0.6 is 11.6 Å². The van der Waals surface area contributed by atoms with Crippen molar-refractivity contribution >= 4 is 17.6 Å². The Morgan fingerprint density at radius 1 is 1.29 bits per heavy atom. The lowest BCUT2D eigenvalue weighted by molar-refractivity contribution is -0.136. The van der Waals surface area contributed by atoms with E-state index in [-0.39, 0.29) is 6.42 Å². The van der Waals surface area contributed by atoms with Crippen LogP contribution in [0, 0.1) is 0 Å².